The van der Waals surface area contributed by atoms with E-state index in [4.69, 9.17) is 4.74 Å². The summed E-state index contributed by atoms with van der Waals surface area (Å²) >= 11 is 0. The summed E-state index contributed by atoms with van der Waals surface area (Å²) < 4.78 is 5.54. The minimum absolute atomic E-state index is 0.273. The summed E-state index contributed by atoms with van der Waals surface area (Å²) in [6, 6.07) is 0. The lowest BCUT2D eigenvalue weighted by Gasteiger charge is -2.17. The van der Waals surface area contributed by atoms with E-state index in [-0.39, 0.29) is 5.41 Å². The lowest BCUT2D eigenvalue weighted by atomic mass is 9.91. The highest BCUT2D eigenvalue weighted by Gasteiger charge is 2.08. The Bertz CT molecular complexity index is 178. The van der Waals surface area contributed by atoms with Crippen LogP contribution < -0.4 is 0 Å². The zero-order valence-electron chi connectivity index (χ0n) is 11.4. The van der Waals surface area contributed by atoms with E-state index < -0.39 is 0 Å². The molecule has 0 heterocycles. The van der Waals surface area contributed by atoms with Crippen LogP contribution in [0, 0.1) is 10.8 Å². The lowest BCUT2D eigenvalue weighted by molar-refractivity contribution is 0.147. The second-order valence-corrected chi connectivity index (χ2v) is 6.51. The first-order chi connectivity index (χ1) is 6.71. The van der Waals surface area contributed by atoms with Gasteiger partial charge in [0.05, 0.1) is 6.61 Å². The van der Waals surface area contributed by atoms with Crippen molar-refractivity contribution in [1.29, 1.82) is 0 Å². The third-order valence-corrected chi connectivity index (χ3v) is 2.05. The topological polar surface area (TPSA) is 9.23 Å². The minimum atomic E-state index is 0.273. The quantitative estimate of drug-likeness (QED) is 0.484. The fourth-order valence-corrected chi connectivity index (χ4v) is 1.26. The van der Waals surface area contributed by atoms with Crippen molar-refractivity contribution < 1.29 is 4.74 Å². The van der Waals surface area contributed by atoms with E-state index in [9.17, 15) is 0 Å². The van der Waals surface area contributed by atoms with Crippen molar-refractivity contribution in [2.24, 2.45) is 10.8 Å². The van der Waals surface area contributed by atoms with Crippen LogP contribution in [-0.2, 0) is 4.74 Å². The molecule has 0 saturated heterocycles. The van der Waals surface area contributed by atoms with E-state index in [0.717, 1.165) is 19.6 Å². The standard InChI is InChI=1S/C14H28O/c1-13(2,3)9-7-11-15-12-8-10-14(4,5)6/h7,9H,8,10-12H2,1-6H3/b9-7-. The van der Waals surface area contributed by atoms with E-state index in [1.54, 1.807) is 0 Å². The molecule has 0 saturated carbocycles. The number of hydrogen-bond acceptors (Lipinski definition) is 1. The fraction of sp³-hybridized carbons (Fsp3) is 0.857. The molecule has 0 radical (unpaired) electrons. The first-order valence-corrected chi connectivity index (χ1v) is 5.96. The molecule has 0 aromatic carbocycles. The third kappa shape index (κ3) is 13.7. The van der Waals surface area contributed by atoms with Gasteiger partial charge >= 0.3 is 0 Å². The van der Waals surface area contributed by atoms with Crippen LogP contribution >= 0.6 is 0 Å². The Morgan fingerprint density at radius 1 is 1.00 bits per heavy atom. The zero-order chi connectivity index (χ0) is 11.9. The average molecular weight is 212 g/mol. The maximum Gasteiger partial charge on any atom is 0.0647 e. The highest BCUT2D eigenvalue weighted by atomic mass is 16.5. The largest absolute Gasteiger partial charge is 0.377 e. The minimum Gasteiger partial charge on any atom is -0.377 e. The first kappa shape index (κ1) is 14.7. The molecule has 0 fully saturated rings. The van der Waals surface area contributed by atoms with Crippen LogP contribution in [0.4, 0.5) is 0 Å². The highest BCUT2D eigenvalue weighted by Crippen LogP contribution is 2.20. The summed E-state index contributed by atoms with van der Waals surface area (Å²) in [4.78, 5) is 0. The van der Waals surface area contributed by atoms with Gasteiger partial charge < -0.3 is 4.74 Å². The van der Waals surface area contributed by atoms with Crippen LogP contribution in [0.2, 0.25) is 0 Å². The van der Waals surface area contributed by atoms with E-state index in [1.165, 1.54) is 6.42 Å². The molecule has 0 atom stereocenters. The Balaban J connectivity index is 3.37. The second-order valence-electron chi connectivity index (χ2n) is 6.51. The van der Waals surface area contributed by atoms with Gasteiger partial charge in [-0.2, -0.15) is 0 Å². The van der Waals surface area contributed by atoms with Gasteiger partial charge in [-0.25, -0.2) is 0 Å². The lowest BCUT2D eigenvalue weighted by Crippen LogP contribution is -2.07. The van der Waals surface area contributed by atoms with Crippen LogP contribution in [0.25, 0.3) is 0 Å². The van der Waals surface area contributed by atoms with Crippen LogP contribution in [0.15, 0.2) is 12.2 Å². The zero-order valence-corrected chi connectivity index (χ0v) is 11.4. The molecule has 0 rings (SSSR count). The SMILES string of the molecule is CC(C)(C)/C=C\COCCCC(C)(C)C. The molecule has 0 unspecified atom stereocenters. The molecule has 0 aromatic rings. The molecule has 1 nitrogen and oxygen atoms in total. The van der Waals surface area contributed by atoms with Crippen LogP contribution in [0.1, 0.15) is 54.4 Å². The maximum atomic E-state index is 5.54. The van der Waals surface area contributed by atoms with Crippen molar-refractivity contribution in [2.45, 2.75) is 54.4 Å². The first-order valence-electron chi connectivity index (χ1n) is 5.96. The molecule has 0 aliphatic rings. The fourth-order valence-electron chi connectivity index (χ4n) is 1.26. The second kappa shape index (κ2) is 6.32. The predicted octanol–water partition coefficient (Wildman–Crippen LogP) is 4.43. The van der Waals surface area contributed by atoms with Gasteiger partial charge in [0.2, 0.25) is 0 Å². The van der Waals surface area contributed by atoms with Crippen molar-refractivity contribution in [3.63, 3.8) is 0 Å². The van der Waals surface area contributed by atoms with Crippen LogP contribution in [-0.4, -0.2) is 13.2 Å². The van der Waals surface area contributed by atoms with E-state index >= 15 is 0 Å². The van der Waals surface area contributed by atoms with E-state index in [1.807, 2.05) is 0 Å². The summed E-state index contributed by atoms with van der Waals surface area (Å²) in [6.45, 7) is 15.0. The molecule has 1 heteroatoms. The average Bonchev–Trinajstić information content (AvgIpc) is 1.98. The number of hydrogen-bond donors (Lipinski definition) is 0. The smallest absolute Gasteiger partial charge is 0.0647 e. The van der Waals surface area contributed by atoms with E-state index in [0.29, 0.717) is 5.41 Å². The van der Waals surface area contributed by atoms with Gasteiger partial charge in [0.25, 0.3) is 0 Å². The van der Waals surface area contributed by atoms with Gasteiger partial charge in [-0.1, -0.05) is 53.7 Å². The van der Waals surface area contributed by atoms with Crippen LogP contribution in [0.5, 0.6) is 0 Å². The monoisotopic (exact) mass is 212 g/mol. The van der Waals surface area contributed by atoms with Gasteiger partial charge in [-0.05, 0) is 23.7 Å². The highest BCUT2D eigenvalue weighted by molar-refractivity contribution is 4.91. The Hall–Kier alpha value is -0.300. The Morgan fingerprint density at radius 3 is 2.07 bits per heavy atom. The molecular weight excluding hydrogens is 184 g/mol. The molecular formula is C14H28O. The summed E-state index contributed by atoms with van der Waals surface area (Å²) in [5, 5.41) is 0. The Kier molecular flexibility index (Phi) is 6.19. The number of ether oxygens (including phenoxy) is 1. The molecule has 0 aliphatic heterocycles. The van der Waals surface area contributed by atoms with Crippen molar-refractivity contribution in [3.8, 4) is 0 Å². The van der Waals surface area contributed by atoms with Gasteiger partial charge in [0, 0.05) is 6.61 Å². The van der Waals surface area contributed by atoms with Gasteiger partial charge in [0.15, 0.2) is 0 Å². The summed E-state index contributed by atoms with van der Waals surface area (Å²) in [6.07, 6.45) is 6.72. The molecule has 0 bridgehead atoms. The number of rotatable bonds is 5. The summed E-state index contributed by atoms with van der Waals surface area (Å²) in [5.74, 6) is 0. The summed E-state index contributed by atoms with van der Waals surface area (Å²) in [7, 11) is 0. The molecule has 0 spiro atoms. The normalized spacial score (nSPS) is 13.7. The van der Waals surface area contributed by atoms with Gasteiger partial charge in [-0.3, -0.25) is 0 Å². The Morgan fingerprint density at radius 2 is 1.60 bits per heavy atom. The molecule has 90 valence electrons. The molecule has 0 amide bonds. The van der Waals surface area contributed by atoms with Gasteiger partial charge in [0.1, 0.15) is 0 Å². The van der Waals surface area contributed by atoms with Crippen molar-refractivity contribution in [1.82, 2.24) is 0 Å². The molecule has 0 aromatic heterocycles. The van der Waals surface area contributed by atoms with Crippen LogP contribution in [0.3, 0.4) is 0 Å². The third-order valence-electron chi connectivity index (χ3n) is 2.05. The molecule has 0 aliphatic carbocycles. The number of allylic oxidation sites excluding steroid dienone is 1. The predicted molar refractivity (Wildman–Crippen MR) is 68.1 cm³/mol. The van der Waals surface area contributed by atoms with Gasteiger partial charge in [-0.15, -0.1) is 0 Å². The van der Waals surface area contributed by atoms with E-state index in [2.05, 4.69) is 53.7 Å². The summed E-state index contributed by atoms with van der Waals surface area (Å²) in [5.41, 5.74) is 0.708. The van der Waals surface area contributed by atoms with Crippen molar-refractivity contribution in [3.05, 3.63) is 12.2 Å². The maximum absolute atomic E-state index is 5.54. The molecule has 0 N–H and O–H groups in total. The Labute approximate surface area is 95.9 Å². The molecule has 15 heavy (non-hydrogen) atoms. The van der Waals surface area contributed by atoms with Crippen molar-refractivity contribution >= 4 is 0 Å². The van der Waals surface area contributed by atoms with Crippen molar-refractivity contribution in [2.75, 3.05) is 13.2 Å².